The fraction of sp³-hybridized carbons (Fsp3) is 0.579. The van der Waals surface area contributed by atoms with Crippen LogP contribution in [0.5, 0.6) is 0 Å². The van der Waals surface area contributed by atoms with Gasteiger partial charge in [-0.2, -0.15) is 0 Å². The maximum Gasteiger partial charge on any atom is 0.338 e. The summed E-state index contributed by atoms with van der Waals surface area (Å²) in [7, 11) is 0. The maximum atomic E-state index is 12.6. The van der Waals surface area contributed by atoms with Crippen molar-refractivity contribution in [1.29, 1.82) is 0 Å². The van der Waals surface area contributed by atoms with Gasteiger partial charge in [0, 0.05) is 23.2 Å². The average molecular weight is 378 g/mol. The Morgan fingerprint density at radius 2 is 2.19 bits per heavy atom. The first-order chi connectivity index (χ1) is 12.6. The summed E-state index contributed by atoms with van der Waals surface area (Å²) in [4.78, 5) is 25.8. The first kappa shape index (κ1) is 18.9. The lowest BCUT2D eigenvalue weighted by atomic mass is 9.86. The largest absolute Gasteiger partial charge is 0.463 e. The lowest BCUT2D eigenvalue weighted by Crippen LogP contribution is -2.49. The molecule has 0 unspecified atom stereocenters. The summed E-state index contributed by atoms with van der Waals surface area (Å²) in [6, 6.07) is 3.49. The summed E-state index contributed by atoms with van der Waals surface area (Å²) in [5, 5.41) is 11.2. The van der Waals surface area contributed by atoms with Gasteiger partial charge in [-0.15, -0.1) is 11.3 Å². The number of thiophene rings is 1. The molecule has 1 fully saturated rings. The van der Waals surface area contributed by atoms with Crippen LogP contribution >= 0.6 is 11.3 Å². The third-order valence-electron chi connectivity index (χ3n) is 5.13. The van der Waals surface area contributed by atoms with Gasteiger partial charge in [0.2, 0.25) is 0 Å². The molecular weight excluding hydrogens is 350 g/mol. The molecule has 0 saturated heterocycles. The number of esters is 1. The smallest absolute Gasteiger partial charge is 0.338 e. The van der Waals surface area contributed by atoms with Gasteiger partial charge in [0.1, 0.15) is 0 Å². The van der Waals surface area contributed by atoms with E-state index in [1.54, 1.807) is 6.92 Å². The molecule has 26 heavy (non-hydrogen) atoms. The summed E-state index contributed by atoms with van der Waals surface area (Å²) in [6.07, 6.45) is 4.84. The Hall–Kier alpha value is -1.86. The van der Waals surface area contributed by atoms with Crippen molar-refractivity contribution in [3.63, 3.8) is 0 Å². The van der Waals surface area contributed by atoms with E-state index in [0.717, 1.165) is 11.3 Å². The number of nitrogens with one attached hydrogen (secondary N) is 3. The second-order valence-corrected chi connectivity index (χ2v) is 7.89. The van der Waals surface area contributed by atoms with E-state index in [-0.39, 0.29) is 12.0 Å². The van der Waals surface area contributed by atoms with Crippen molar-refractivity contribution in [3.8, 4) is 0 Å². The molecule has 0 aromatic carbocycles. The van der Waals surface area contributed by atoms with Crippen molar-refractivity contribution in [3.05, 3.63) is 33.7 Å². The fourth-order valence-corrected chi connectivity index (χ4v) is 4.51. The van der Waals surface area contributed by atoms with E-state index in [0.29, 0.717) is 36.4 Å². The van der Waals surface area contributed by atoms with E-state index < -0.39 is 6.04 Å². The van der Waals surface area contributed by atoms with Gasteiger partial charge >= 0.3 is 12.0 Å². The lowest BCUT2D eigenvalue weighted by Gasteiger charge is -2.32. The molecule has 1 aromatic rings. The molecule has 1 aromatic heterocycles. The third kappa shape index (κ3) is 4.27. The summed E-state index contributed by atoms with van der Waals surface area (Å²) >= 11 is 1.51. The van der Waals surface area contributed by atoms with E-state index >= 15 is 0 Å². The molecule has 2 amide bonds. The van der Waals surface area contributed by atoms with Crippen LogP contribution in [0, 0.1) is 5.92 Å². The van der Waals surface area contributed by atoms with Gasteiger partial charge in [-0.1, -0.05) is 25.8 Å². The number of ether oxygens (including phenoxy) is 1. The van der Waals surface area contributed by atoms with Gasteiger partial charge in [0.25, 0.3) is 0 Å². The average Bonchev–Trinajstić information content (AvgIpc) is 3.15. The Labute approximate surface area is 158 Å². The Bertz CT molecular complexity index is 672. The molecule has 7 heteroatoms. The minimum Gasteiger partial charge on any atom is -0.463 e. The maximum absolute atomic E-state index is 12.6. The minimum atomic E-state index is -0.469. The third-order valence-corrected chi connectivity index (χ3v) is 6.07. The molecule has 1 aliphatic carbocycles. The molecule has 3 rings (SSSR count). The van der Waals surface area contributed by atoms with Crippen LogP contribution in [0.25, 0.3) is 0 Å². The normalized spacial score (nSPS) is 26.2. The number of hydrogen-bond donors (Lipinski definition) is 3. The van der Waals surface area contributed by atoms with E-state index in [4.69, 9.17) is 4.74 Å². The predicted octanol–water partition coefficient (Wildman–Crippen LogP) is 3.09. The van der Waals surface area contributed by atoms with Crippen molar-refractivity contribution in [2.75, 3.05) is 13.2 Å². The van der Waals surface area contributed by atoms with Crippen molar-refractivity contribution < 1.29 is 14.3 Å². The van der Waals surface area contributed by atoms with Gasteiger partial charge in [-0.25, -0.2) is 9.59 Å². The Morgan fingerprint density at radius 3 is 2.88 bits per heavy atom. The first-order valence-corrected chi connectivity index (χ1v) is 10.2. The van der Waals surface area contributed by atoms with Gasteiger partial charge < -0.3 is 20.7 Å². The molecule has 0 radical (unpaired) electrons. The SMILES string of the molecule is CCOC(=O)C1=C(CN[C@@H]2CCCC[C@@H]2C)NC(=O)N[C@@H]1c1cccs1. The lowest BCUT2D eigenvalue weighted by molar-refractivity contribution is -0.139. The van der Waals surface area contributed by atoms with Crippen LogP contribution in [-0.2, 0) is 9.53 Å². The topological polar surface area (TPSA) is 79.5 Å². The summed E-state index contributed by atoms with van der Waals surface area (Å²) < 4.78 is 5.28. The zero-order chi connectivity index (χ0) is 18.5. The molecule has 1 aliphatic heterocycles. The minimum absolute atomic E-state index is 0.287. The molecule has 2 heterocycles. The standard InChI is InChI=1S/C19H27N3O3S/c1-3-25-18(23)16-14(11-20-13-8-5-4-7-12(13)2)21-19(24)22-17(16)15-9-6-10-26-15/h6,9-10,12-13,17,20H,3-5,7-8,11H2,1-2H3,(H2,21,22,24)/t12-,13+,17+/m0/s1. The van der Waals surface area contributed by atoms with Crippen molar-refractivity contribution in [2.45, 2.75) is 51.6 Å². The quantitative estimate of drug-likeness (QED) is 0.666. The van der Waals surface area contributed by atoms with Crippen LogP contribution in [0.2, 0.25) is 0 Å². The number of urea groups is 1. The number of rotatable bonds is 6. The van der Waals surface area contributed by atoms with Gasteiger partial charge in [0.15, 0.2) is 0 Å². The Morgan fingerprint density at radius 1 is 1.38 bits per heavy atom. The first-order valence-electron chi connectivity index (χ1n) is 9.34. The fourth-order valence-electron chi connectivity index (χ4n) is 3.73. The van der Waals surface area contributed by atoms with Crippen LogP contribution < -0.4 is 16.0 Å². The van der Waals surface area contributed by atoms with E-state index in [9.17, 15) is 9.59 Å². The molecule has 1 saturated carbocycles. The molecule has 6 nitrogen and oxygen atoms in total. The highest BCUT2D eigenvalue weighted by atomic mass is 32.1. The molecule has 142 valence electrons. The van der Waals surface area contributed by atoms with E-state index in [1.807, 2.05) is 17.5 Å². The Balaban J connectivity index is 1.85. The number of hydrogen-bond acceptors (Lipinski definition) is 5. The predicted molar refractivity (Wildman–Crippen MR) is 102 cm³/mol. The summed E-state index contributed by atoms with van der Waals surface area (Å²) in [5.74, 6) is 0.216. The zero-order valence-corrected chi connectivity index (χ0v) is 16.2. The second-order valence-electron chi connectivity index (χ2n) is 6.91. The summed E-state index contributed by atoms with van der Waals surface area (Å²) in [5.41, 5.74) is 1.10. The molecule has 3 atom stereocenters. The Kier molecular flexibility index (Phi) is 6.32. The highest BCUT2D eigenvalue weighted by molar-refractivity contribution is 7.10. The van der Waals surface area contributed by atoms with Gasteiger partial charge in [0.05, 0.1) is 18.2 Å². The van der Waals surface area contributed by atoms with Crippen LogP contribution in [0.15, 0.2) is 28.8 Å². The van der Waals surface area contributed by atoms with Crippen LogP contribution in [0.1, 0.15) is 50.4 Å². The van der Waals surface area contributed by atoms with E-state index in [1.165, 1.54) is 30.6 Å². The molecule has 2 aliphatic rings. The molecule has 0 spiro atoms. The van der Waals surface area contributed by atoms with E-state index in [2.05, 4.69) is 22.9 Å². The molecule has 3 N–H and O–H groups in total. The van der Waals surface area contributed by atoms with Crippen molar-refractivity contribution in [1.82, 2.24) is 16.0 Å². The van der Waals surface area contributed by atoms with Crippen LogP contribution in [-0.4, -0.2) is 31.2 Å². The molecular formula is C19H27N3O3S. The van der Waals surface area contributed by atoms with Crippen molar-refractivity contribution >= 4 is 23.3 Å². The number of carbonyl (C=O) groups is 2. The van der Waals surface area contributed by atoms with Crippen LogP contribution in [0.4, 0.5) is 4.79 Å². The highest BCUT2D eigenvalue weighted by Crippen LogP contribution is 2.31. The van der Waals surface area contributed by atoms with Crippen LogP contribution in [0.3, 0.4) is 0 Å². The van der Waals surface area contributed by atoms with Gasteiger partial charge in [-0.05, 0) is 37.1 Å². The highest BCUT2D eigenvalue weighted by Gasteiger charge is 2.34. The number of carbonyl (C=O) groups excluding carboxylic acids is 2. The monoisotopic (exact) mass is 377 g/mol. The van der Waals surface area contributed by atoms with Gasteiger partial charge in [-0.3, -0.25) is 0 Å². The zero-order valence-electron chi connectivity index (χ0n) is 15.3. The second kappa shape index (κ2) is 8.68. The summed E-state index contributed by atoms with van der Waals surface area (Å²) in [6.45, 7) is 4.80. The molecule has 0 bridgehead atoms. The van der Waals surface area contributed by atoms with Crippen molar-refractivity contribution in [2.24, 2.45) is 5.92 Å². The number of amides is 2.